The topological polar surface area (TPSA) is 33.1 Å². The van der Waals surface area contributed by atoms with E-state index in [0.717, 1.165) is 0 Å². The zero-order valence-corrected chi connectivity index (χ0v) is 10.0. The molecule has 0 saturated carbocycles. The minimum atomic E-state index is -2.58. The predicted octanol–water partition coefficient (Wildman–Crippen LogP) is 2.88. The first-order valence-corrected chi connectivity index (χ1v) is 5.17. The lowest BCUT2D eigenvalue weighted by Crippen LogP contribution is -1.99. The Balaban J connectivity index is 3.30. The lowest BCUT2D eigenvalue weighted by atomic mass is 10.2. The van der Waals surface area contributed by atoms with Gasteiger partial charge in [-0.1, -0.05) is 0 Å². The molecule has 1 aromatic heterocycles. The monoisotopic (exact) mass is 363 g/mol. The summed E-state index contributed by atoms with van der Waals surface area (Å²) in [6.07, 6.45) is -1.21. The Morgan fingerprint density at radius 3 is 2.69 bits per heavy atom. The van der Waals surface area contributed by atoms with E-state index in [1.165, 1.54) is 6.20 Å². The maximum Gasteiger partial charge on any atom is 0.267 e. The van der Waals surface area contributed by atoms with Crippen molar-refractivity contribution in [2.75, 3.05) is 0 Å². The van der Waals surface area contributed by atoms with Crippen LogP contribution < -0.4 is 0 Å². The number of hydrogen-bond donors (Lipinski definition) is 1. The van der Waals surface area contributed by atoms with E-state index in [-0.39, 0.29) is 20.3 Å². The zero-order valence-electron chi connectivity index (χ0n) is 6.27. The van der Waals surface area contributed by atoms with Crippen molar-refractivity contribution in [3.8, 4) is 0 Å². The SMILES string of the molecule is OCc1cnc(I)c(C(F)F)c1Br. The number of hydrogen-bond acceptors (Lipinski definition) is 2. The van der Waals surface area contributed by atoms with Crippen LogP contribution in [-0.4, -0.2) is 10.1 Å². The molecule has 1 heterocycles. The van der Waals surface area contributed by atoms with Crippen LogP contribution in [0.25, 0.3) is 0 Å². The number of halogens is 4. The summed E-state index contributed by atoms with van der Waals surface area (Å²) < 4.78 is 25.4. The third-order valence-electron chi connectivity index (χ3n) is 1.46. The molecule has 0 aliphatic rings. The molecule has 1 aromatic rings. The number of aliphatic hydroxyl groups is 1. The lowest BCUT2D eigenvalue weighted by molar-refractivity contribution is 0.148. The molecule has 0 radical (unpaired) electrons. The van der Waals surface area contributed by atoms with Crippen LogP contribution in [0.1, 0.15) is 17.6 Å². The molecule has 72 valence electrons. The van der Waals surface area contributed by atoms with Gasteiger partial charge in [0.1, 0.15) is 3.70 Å². The molecule has 0 bridgehead atoms. The summed E-state index contributed by atoms with van der Waals surface area (Å²) in [7, 11) is 0. The second kappa shape index (κ2) is 4.61. The summed E-state index contributed by atoms with van der Waals surface area (Å²) in [5.41, 5.74) is 0.211. The molecule has 2 nitrogen and oxygen atoms in total. The van der Waals surface area contributed by atoms with Crippen LogP contribution in [0.3, 0.4) is 0 Å². The molecule has 0 amide bonds. The van der Waals surface area contributed by atoms with Crippen LogP contribution in [0.4, 0.5) is 8.78 Å². The van der Waals surface area contributed by atoms with E-state index < -0.39 is 6.43 Å². The maximum absolute atomic E-state index is 12.4. The second-order valence-electron chi connectivity index (χ2n) is 2.26. The fourth-order valence-corrected chi connectivity index (χ4v) is 2.42. The highest BCUT2D eigenvalue weighted by Gasteiger charge is 2.18. The second-order valence-corrected chi connectivity index (χ2v) is 4.08. The molecule has 0 saturated heterocycles. The number of alkyl halides is 2. The number of aliphatic hydroxyl groups excluding tert-OH is 1. The molecular formula is C7H5BrF2INO. The summed E-state index contributed by atoms with van der Waals surface area (Å²) >= 11 is 4.74. The molecule has 0 aliphatic carbocycles. The Morgan fingerprint density at radius 1 is 1.62 bits per heavy atom. The number of aromatic nitrogens is 1. The van der Waals surface area contributed by atoms with Gasteiger partial charge in [0.25, 0.3) is 6.43 Å². The molecule has 0 unspecified atom stereocenters. The van der Waals surface area contributed by atoms with Gasteiger partial charge >= 0.3 is 0 Å². The van der Waals surface area contributed by atoms with Crippen LogP contribution in [0.15, 0.2) is 10.7 Å². The van der Waals surface area contributed by atoms with Crippen LogP contribution in [0, 0.1) is 3.70 Å². The van der Waals surface area contributed by atoms with Crippen molar-refractivity contribution in [3.05, 3.63) is 25.5 Å². The number of rotatable bonds is 2. The van der Waals surface area contributed by atoms with Crippen molar-refractivity contribution in [2.45, 2.75) is 13.0 Å². The van der Waals surface area contributed by atoms with E-state index in [0.29, 0.717) is 5.56 Å². The molecule has 0 aromatic carbocycles. The molecule has 0 fully saturated rings. The van der Waals surface area contributed by atoms with Crippen LogP contribution in [-0.2, 0) is 6.61 Å². The van der Waals surface area contributed by atoms with Gasteiger partial charge in [0.2, 0.25) is 0 Å². The van der Waals surface area contributed by atoms with Crippen molar-refractivity contribution < 1.29 is 13.9 Å². The van der Waals surface area contributed by atoms with E-state index in [1.54, 1.807) is 22.6 Å². The fourth-order valence-electron chi connectivity index (χ4n) is 0.820. The van der Waals surface area contributed by atoms with E-state index in [4.69, 9.17) is 5.11 Å². The van der Waals surface area contributed by atoms with Gasteiger partial charge in [-0.15, -0.1) is 0 Å². The van der Waals surface area contributed by atoms with Gasteiger partial charge in [-0.05, 0) is 38.5 Å². The quantitative estimate of drug-likeness (QED) is 0.647. The molecule has 0 spiro atoms. The van der Waals surface area contributed by atoms with Gasteiger partial charge in [-0.2, -0.15) is 0 Å². The smallest absolute Gasteiger partial charge is 0.267 e. The zero-order chi connectivity index (χ0) is 10.0. The lowest BCUT2D eigenvalue weighted by Gasteiger charge is -2.08. The van der Waals surface area contributed by atoms with Crippen molar-refractivity contribution in [1.82, 2.24) is 4.98 Å². The molecule has 13 heavy (non-hydrogen) atoms. The molecule has 0 aliphatic heterocycles. The minimum Gasteiger partial charge on any atom is -0.392 e. The average Bonchev–Trinajstić information content (AvgIpc) is 2.04. The van der Waals surface area contributed by atoms with Crippen molar-refractivity contribution in [3.63, 3.8) is 0 Å². The largest absolute Gasteiger partial charge is 0.392 e. The van der Waals surface area contributed by atoms with E-state index in [2.05, 4.69) is 20.9 Å². The molecule has 0 atom stereocenters. The fraction of sp³-hybridized carbons (Fsp3) is 0.286. The Hall–Kier alpha value is 0.180. The van der Waals surface area contributed by atoms with Gasteiger partial charge in [0.15, 0.2) is 0 Å². The van der Waals surface area contributed by atoms with Crippen LogP contribution in [0.2, 0.25) is 0 Å². The van der Waals surface area contributed by atoms with Gasteiger partial charge in [0, 0.05) is 16.2 Å². The Bertz CT molecular complexity index is 322. The van der Waals surface area contributed by atoms with Crippen LogP contribution in [0.5, 0.6) is 0 Å². The normalized spacial score (nSPS) is 10.9. The Labute approximate surface area is 95.6 Å². The van der Waals surface area contributed by atoms with Gasteiger partial charge in [0.05, 0.1) is 12.2 Å². The average molecular weight is 364 g/mol. The van der Waals surface area contributed by atoms with Gasteiger partial charge in [-0.25, -0.2) is 13.8 Å². The highest BCUT2D eigenvalue weighted by molar-refractivity contribution is 14.1. The first-order chi connectivity index (χ1) is 6.07. The minimum absolute atomic E-state index is 0.160. The molecule has 1 rings (SSSR count). The summed E-state index contributed by atoms with van der Waals surface area (Å²) in [5, 5.41) is 8.80. The predicted molar refractivity (Wildman–Crippen MR) is 55.5 cm³/mol. The van der Waals surface area contributed by atoms with Crippen molar-refractivity contribution >= 4 is 38.5 Å². The van der Waals surface area contributed by atoms with Gasteiger partial charge < -0.3 is 5.11 Å². The number of pyridine rings is 1. The van der Waals surface area contributed by atoms with Crippen molar-refractivity contribution in [1.29, 1.82) is 0 Å². The third-order valence-corrected chi connectivity index (χ3v) is 3.26. The summed E-state index contributed by atoms with van der Waals surface area (Å²) in [5.74, 6) is 0. The van der Waals surface area contributed by atoms with Crippen LogP contribution >= 0.6 is 38.5 Å². The van der Waals surface area contributed by atoms with E-state index in [1.807, 2.05) is 0 Å². The highest BCUT2D eigenvalue weighted by Crippen LogP contribution is 2.32. The van der Waals surface area contributed by atoms with Gasteiger partial charge in [-0.3, -0.25) is 0 Å². The van der Waals surface area contributed by atoms with E-state index in [9.17, 15) is 8.78 Å². The molecule has 1 N–H and O–H groups in total. The molecular weight excluding hydrogens is 359 g/mol. The highest BCUT2D eigenvalue weighted by atomic mass is 127. The summed E-state index contributed by atoms with van der Waals surface area (Å²) in [6.45, 7) is -0.301. The number of nitrogens with zero attached hydrogens (tertiary/aromatic N) is 1. The Kier molecular flexibility index (Phi) is 3.99. The van der Waals surface area contributed by atoms with E-state index >= 15 is 0 Å². The first kappa shape index (κ1) is 11.3. The third kappa shape index (κ3) is 2.35. The first-order valence-electron chi connectivity index (χ1n) is 3.29. The summed E-state index contributed by atoms with van der Waals surface area (Å²) in [6, 6.07) is 0. The summed E-state index contributed by atoms with van der Waals surface area (Å²) in [4.78, 5) is 3.75. The Morgan fingerprint density at radius 2 is 2.23 bits per heavy atom. The molecule has 6 heteroatoms. The maximum atomic E-state index is 12.4. The standard InChI is InChI=1S/C7H5BrF2INO/c8-5-3(2-13)1-12-7(11)4(5)6(9)10/h1,6,13H,2H2. The van der Waals surface area contributed by atoms with Crippen molar-refractivity contribution in [2.24, 2.45) is 0 Å².